The highest BCUT2D eigenvalue weighted by atomic mass is 16.3. The molecule has 290 valence electrons. The van der Waals surface area contributed by atoms with Gasteiger partial charge in [-0.25, -0.2) is 0 Å². The van der Waals surface area contributed by atoms with E-state index in [4.69, 9.17) is 0 Å². The van der Waals surface area contributed by atoms with Crippen molar-refractivity contribution in [2.45, 2.75) is 245 Å². The van der Waals surface area contributed by atoms with Crippen LogP contribution in [0.15, 0.2) is 0 Å². The number of quaternary nitrogens is 2. The molecule has 2 atom stereocenters. The molecule has 4 nitrogen and oxygen atoms in total. The maximum absolute atomic E-state index is 11.0. The summed E-state index contributed by atoms with van der Waals surface area (Å²) in [7, 11) is 8.66. The first kappa shape index (κ1) is 47.8. The summed E-state index contributed by atoms with van der Waals surface area (Å²) in [5, 5.41) is 22.0. The van der Waals surface area contributed by atoms with Crippen molar-refractivity contribution in [2.75, 3.05) is 41.3 Å². The van der Waals surface area contributed by atoms with Gasteiger partial charge in [-0.3, -0.25) is 0 Å². The molecule has 0 aromatic rings. The predicted molar refractivity (Wildman–Crippen MR) is 214 cm³/mol. The van der Waals surface area contributed by atoms with E-state index in [1.807, 2.05) is 0 Å². The van der Waals surface area contributed by atoms with Gasteiger partial charge < -0.3 is 19.2 Å². The van der Waals surface area contributed by atoms with Crippen molar-refractivity contribution in [1.29, 1.82) is 0 Å². The largest absolute Gasteiger partial charge is 0.345 e. The van der Waals surface area contributed by atoms with Crippen molar-refractivity contribution in [3.63, 3.8) is 0 Å². The molecular formula is C44H94N2O2+2. The molecule has 0 aromatic carbocycles. The summed E-state index contributed by atoms with van der Waals surface area (Å²) in [5.41, 5.74) is 0. The molecule has 0 aromatic heterocycles. The number of nitrogens with zero attached hydrogens (tertiary/aromatic N) is 2. The smallest absolute Gasteiger partial charge is 0.190 e. The highest BCUT2D eigenvalue weighted by Crippen LogP contribution is 2.20. The summed E-state index contributed by atoms with van der Waals surface area (Å²) in [6.45, 7) is 6.63. The lowest BCUT2D eigenvalue weighted by Crippen LogP contribution is -2.52. The lowest BCUT2D eigenvalue weighted by molar-refractivity contribution is -0.945. The molecule has 2 N–H and O–H groups in total. The van der Waals surface area contributed by atoms with Crippen molar-refractivity contribution in [2.24, 2.45) is 0 Å². The predicted octanol–water partition coefficient (Wildman–Crippen LogP) is 13.1. The Kier molecular flexibility index (Phi) is 33.8. The number of rotatable bonds is 39. The minimum absolute atomic E-state index is 0.397. The minimum atomic E-state index is -0.397. The summed E-state index contributed by atoms with van der Waals surface area (Å²) < 4.78 is 1.30. The van der Waals surface area contributed by atoms with E-state index in [1.165, 1.54) is 205 Å². The molecule has 0 spiro atoms. The average Bonchev–Trinajstić information content (AvgIpc) is 3.06. The van der Waals surface area contributed by atoms with Gasteiger partial charge in [0.15, 0.2) is 12.5 Å². The van der Waals surface area contributed by atoms with Crippen LogP contribution in [0.1, 0.15) is 232 Å². The third kappa shape index (κ3) is 30.6. The summed E-state index contributed by atoms with van der Waals surface area (Å²) in [6.07, 6.45) is 45.1. The standard InChI is InChI=1S/C44H94N2O2/c1-7-9-11-13-15-17-19-21-23-25-27-29-31-33-35-37-41-45(3,4)43(47)39-40-44(48)46(5,6)42-38-36-34-32-30-28-26-24-22-20-18-16-14-12-10-8-2/h43-44,47-48H,7-42H2,1-6H3/q+2. The molecule has 0 fully saturated rings. The van der Waals surface area contributed by atoms with Crippen LogP contribution in [0.5, 0.6) is 0 Å². The van der Waals surface area contributed by atoms with Crippen LogP contribution >= 0.6 is 0 Å². The van der Waals surface area contributed by atoms with Gasteiger partial charge in [-0.05, 0) is 25.7 Å². The summed E-state index contributed by atoms with van der Waals surface area (Å²) in [4.78, 5) is 0. The van der Waals surface area contributed by atoms with Crippen LogP contribution in [0.25, 0.3) is 0 Å². The fraction of sp³-hybridized carbons (Fsp3) is 1.00. The molecule has 0 bridgehead atoms. The van der Waals surface area contributed by atoms with Gasteiger partial charge in [-0.15, -0.1) is 0 Å². The van der Waals surface area contributed by atoms with Crippen LogP contribution in [0.2, 0.25) is 0 Å². The van der Waals surface area contributed by atoms with Crippen LogP contribution in [-0.4, -0.2) is 72.9 Å². The lowest BCUT2D eigenvalue weighted by atomic mass is 10.0. The molecule has 0 aliphatic carbocycles. The summed E-state index contributed by atoms with van der Waals surface area (Å²) in [6, 6.07) is 0. The first-order valence-corrected chi connectivity index (χ1v) is 22.2. The average molecular weight is 683 g/mol. The molecule has 0 radical (unpaired) electrons. The van der Waals surface area contributed by atoms with E-state index in [1.54, 1.807) is 0 Å². The van der Waals surface area contributed by atoms with Crippen molar-refractivity contribution < 1.29 is 19.2 Å². The molecule has 0 aliphatic rings. The van der Waals surface area contributed by atoms with Gasteiger partial charge in [0.05, 0.1) is 41.3 Å². The Bertz CT molecular complexity index is 583. The van der Waals surface area contributed by atoms with E-state index in [-0.39, 0.29) is 0 Å². The van der Waals surface area contributed by atoms with Gasteiger partial charge in [-0.1, -0.05) is 194 Å². The second-order valence-corrected chi connectivity index (χ2v) is 17.1. The van der Waals surface area contributed by atoms with Gasteiger partial charge in [0.25, 0.3) is 0 Å². The number of hydrogen-bond donors (Lipinski definition) is 2. The van der Waals surface area contributed by atoms with E-state index < -0.39 is 12.5 Å². The number of hydrogen-bond acceptors (Lipinski definition) is 2. The lowest BCUT2D eigenvalue weighted by Gasteiger charge is -2.38. The quantitative estimate of drug-likeness (QED) is 0.0385. The van der Waals surface area contributed by atoms with Gasteiger partial charge in [-0.2, -0.15) is 0 Å². The molecule has 4 heteroatoms. The number of aliphatic hydroxyl groups excluding tert-OH is 2. The Balaban J connectivity index is 3.72. The third-order valence-corrected chi connectivity index (χ3v) is 11.5. The van der Waals surface area contributed by atoms with E-state index in [2.05, 4.69) is 42.0 Å². The van der Waals surface area contributed by atoms with E-state index in [0.29, 0.717) is 21.8 Å². The Hall–Kier alpha value is -0.160. The molecule has 0 amide bonds. The van der Waals surface area contributed by atoms with Gasteiger partial charge in [0, 0.05) is 12.8 Å². The van der Waals surface area contributed by atoms with Crippen LogP contribution in [0.4, 0.5) is 0 Å². The maximum atomic E-state index is 11.0. The topological polar surface area (TPSA) is 40.5 Å². The van der Waals surface area contributed by atoms with Crippen molar-refractivity contribution in [3.05, 3.63) is 0 Å². The van der Waals surface area contributed by atoms with Gasteiger partial charge >= 0.3 is 0 Å². The van der Waals surface area contributed by atoms with E-state index in [9.17, 15) is 10.2 Å². The SMILES string of the molecule is CCCCCCCCCCCCCCCCCC[N+](C)(C)C(O)CCC(O)[N+](C)(C)CCCCCCCCCCCCCCCCCC. The van der Waals surface area contributed by atoms with E-state index >= 15 is 0 Å². The first-order valence-electron chi connectivity index (χ1n) is 22.2. The zero-order chi connectivity index (χ0) is 35.6. The maximum Gasteiger partial charge on any atom is 0.190 e. The minimum Gasteiger partial charge on any atom is -0.345 e. The van der Waals surface area contributed by atoms with Crippen LogP contribution in [0, 0.1) is 0 Å². The second-order valence-electron chi connectivity index (χ2n) is 17.1. The van der Waals surface area contributed by atoms with Crippen LogP contribution in [-0.2, 0) is 0 Å². The molecule has 0 rings (SSSR count). The fourth-order valence-corrected chi connectivity index (χ4v) is 7.43. The Morgan fingerprint density at radius 1 is 0.292 bits per heavy atom. The van der Waals surface area contributed by atoms with Gasteiger partial charge in [0.1, 0.15) is 0 Å². The number of aliphatic hydroxyl groups is 2. The van der Waals surface area contributed by atoms with Crippen LogP contribution < -0.4 is 0 Å². The Morgan fingerprint density at radius 3 is 0.646 bits per heavy atom. The van der Waals surface area contributed by atoms with E-state index in [0.717, 1.165) is 13.1 Å². The van der Waals surface area contributed by atoms with Crippen molar-refractivity contribution in [1.82, 2.24) is 0 Å². The first-order chi connectivity index (χ1) is 23.2. The molecule has 0 heterocycles. The fourth-order valence-electron chi connectivity index (χ4n) is 7.43. The highest BCUT2D eigenvalue weighted by molar-refractivity contribution is 4.54. The third-order valence-electron chi connectivity index (χ3n) is 11.5. The van der Waals surface area contributed by atoms with Crippen LogP contribution in [0.3, 0.4) is 0 Å². The molecule has 0 saturated heterocycles. The Morgan fingerprint density at radius 2 is 0.458 bits per heavy atom. The highest BCUT2D eigenvalue weighted by Gasteiger charge is 2.30. The second kappa shape index (κ2) is 34.0. The monoisotopic (exact) mass is 683 g/mol. The zero-order valence-corrected chi connectivity index (χ0v) is 34.4. The summed E-state index contributed by atoms with van der Waals surface area (Å²) >= 11 is 0. The molecule has 48 heavy (non-hydrogen) atoms. The summed E-state index contributed by atoms with van der Waals surface area (Å²) in [5.74, 6) is 0. The zero-order valence-electron chi connectivity index (χ0n) is 34.4. The molecule has 0 aliphatic heterocycles. The molecule has 0 saturated carbocycles. The van der Waals surface area contributed by atoms with Crippen molar-refractivity contribution >= 4 is 0 Å². The van der Waals surface area contributed by atoms with Crippen molar-refractivity contribution in [3.8, 4) is 0 Å². The number of unbranched alkanes of at least 4 members (excludes halogenated alkanes) is 30. The molecular weight excluding hydrogens is 588 g/mol. The van der Waals surface area contributed by atoms with Gasteiger partial charge in [0.2, 0.25) is 0 Å². The Labute approximate surface area is 304 Å². The molecule has 2 unspecified atom stereocenters. The normalized spacial score (nSPS) is 13.8.